The maximum atomic E-state index is 12.0. The molecule has 19 heavy (non-hydrogen) atoms. The highest BCUT2D eigenvalue weighted by molar-refractivity contribution is 9.10. The van der Waals surface area contributed by atoms with Crippen LogP contribution in [0.3, 0.4) is 0 Å². The summed E-state index contributed by atoms with van der Waals surface area (Å²) < 4.78 is 5.81. The van der Waals surface area contributed by atoms with Crippen molar-refractivity contribution in [3.63, 3.8) is 0 Å². The van der Waals surface area contributed by atoms with Crippen molar-refractivity contribution >= 4 is 39.5 Å². The molecule has 1 atom stereocenters. The van der Waals surface area contributed by atoms with E-state index in [1.807, 2.05) is 19.1 Å². The largest absolute Gasteiger partial charge is 0.338 e. The Morgan fingerprint density at radius 2 is 2.37 bits per heavy atom. The average Bonchev–Trinajstić information content (AvgIpc) is 2.77. The van der Waals surface area contributed by atoms with Gasteiger partial charge in [-0.15, -0.1) is 0 Å². The number of carbonyl (C=O) groups is 1. The van der Waals surface area contributed by atoms with Crippen LogP contribution in [0.15, 0.2) is 38.4 Å². The van der Waals surface area contributed by atoms with Crippen molar-refractivity contribution in [2.24, 2.45) is 0 Å². The first-order valence-electron chi connectivity index (χ1n) is 5.57. The van der Waals surface area contributed by atoms with Crippen LogP contribution in [0.4, 0.5) is 5.88 Å². The topological polar surface area (TPSA) is 68.0 Å². The first kappa shape index (κ1) is 14.1. The number of amides is 1. The van der Waals surface area contributed by atoms with Crippen LogP contribution in [-0.4, -0.2) is 21.3 Å². The van der Waals surface area contributed by atoms with Gasteiger partial charge >= 0.3 is 0 Å². The molecule has 0 fully saturated rings. The zero-order valence-electron chi connectivity index (χ0n) is 10.4. The lowest BCUT2D eigenvalue weighted by molar-refractivity contribution is -0.115. The molecular formula is C12H12BrN3O2S. The molecule has 0 bridgehead atoms. The minimum Gasteiger partial charge on any atom is -0.338 e. The van der Waals surface area contributed by atoms with E-state index in [4.69, 9.17) is 4.52 Å². The molecule has 0 aliphatic heterocycles. The summed E-state index contributed by atoms with van der Waals surface area (Å²) in [6.45, 7) is 3.60. The number of thioether (sulfide) groups is 1. The lowest BCUT2D eigenvalue weighted by Gasteiger charge is -2.10. The van der Waals surface area contributed by atoms with Crippen LogP contribution in [0.25, 0.3) is 0 Å². The van der Waals surface area contributed by atoms with E-state index in [-0.39, 0.29) is 11.2 Å². The highest BCUT2D eigenvalue weighted by Gasteiger charge is 2.18. The molecule has 0 saturated heterocycles. The maximum absolute atomic E-state index is 12.0. The quantitative estimate of drug-likeness (QED) is 0.864. The third-order valence-electron chi connectivity index (χ3n) is 2.26. The Balaban J connectivity index is 1.98. The van der Waals surface area contributed by atoms with Crippen molar-refractivity contribution < 1.29 is 9.32 Å². The number of hydrogen-bond donors (Lipinski definition) is 1. The Labute approximate surface area is 123 Å². The number of rotatable bonds is 4. The first-order chi connectivity index (χ1) is 9.06. The lowest BCUT2D eigenvalue weighted by Crippen LogP contribution is -2.22. The van der Waals surface area contributed by atoms with Crippen molar-refractivity contribution in [2.75, 3.05) is 5.32 Å². The van der Waals surface area contributed by atoms with Crippen molar-refractivity contribution in [1.82, 2.24) is 10.1 Å². The standard InChI is InChI=1S/C12H12BrN3O2S/c1-7-6-10(18-16-7)15-11(17)8(2)19-12-9(13)4-3-5-14-12/h3-6,8H,1-2H3,(H,15,17)/t8-/m0/s1. The molecule has 0 aliphatic rings. The summed E-state index contributed by atoms with van der Waals surface area (Å²) in [4.78, 5) is 16.2. The van der Waals surface area contributed by atoms with Gasteiger partial charge in [0.15, 0.2) is 0 Å². The zero-order chi connectivity index (χ0) is 13.8. The van der Waals surface area contributed by atoms with Crippen LogP contribution in [0, 0.1) is 6.92 Å². The number of nitrogens with zero attached hydrogens (tertiary/aromatic N) is 2. The van der Waals surface area contributed by atoms with Gasteiger partial charge in [0, 0.05) is 16.7 Å². The van der Waals surface area contributed by atoms with Gasteiger partial charge in [0.2, 0.25) is 11.8 Å². The number of halogens is 1. The molecule has 7 heteroatoms. The molecule has 2 rings (SSSR count). The number of nitrogens with one attached hydrogen (secondary N) is 1. The number of aryl methyl sites for hydroxylation is 1. The molecule has 100 valence electrons. The summed E-state index contributed by atoms with van der Waals surface area (Å²) in [5, 5.41) is 6.86. The van der Waals surface area contributed by atoms with Gasteiger partial charge in [-0.25, -0.2) is 4.98 Å². The smallest absolute Gasteiger partial charge is 0.240 e. The average molecular weight is 342 g/mol. The summed E-state index contributed by atoms with van der Waals surface area (Å²) in [5.74, 6) is 0.203. The molecule has 0 spiro atoms. The second-order valence-corrected chi connectivity index (χ2v) is 6.06. The zero-order valence-corrected chi connectivity index (χ0v) is 12.8. The highest BCUT2D eigenvalue weighted by atomic mass is 79.9. The van der Waals surface area contributed by atoms with Crippen molar-refractivity contribution in [3.05, 3.63) is 34.6 Å². The first-order valence-corrected chi connectivity index (χ1v) is 7.25. The Morgan fingerprint density at radius 3 is 3.00 bits per heavy atom. The third-order valence-corrected chi connectivity index (χ3v) is 4.28. The van der Waals surface area contributed by atoms with Gasteiger partial charge in [0.1, 0.15) is 5.03 Å². The fourth-order valence-corrected chi connectivity index (χ4v) is 2.66. The summed E-state index contributed by atoms with van der Waals surface area (Å²) in [5.41, 5.74) is 0.725. The summed E-state index contributed by atoms with van der Waals surface area (Å²) >= 11 is 4.77. The molecule has 5 nitrogen and oxygen atoms in total. The van der Waals surface area contributed by atoms with Gasteiger partial charge in [-0.1, -0.05) is 16.9 Å². The number of pyridine rings is 1. The van der Waals surface area contributed by atoms with E-state index in [0.29, 0.717) is 5.88 Å². The Morgan fingerprint density at radius 1 is 1.58 bits per heavy atom. The SMILES string of the molecule is Cc1cc(NC(=O)[C@H](C)Sc2ncccc2Br)on1. The second kappa shape index (κ2) is 6.21. The van der Waals surface area contributed by atoms with E-state index in [1.54, 1.807) is 19.2 Å². The summed E-state index contributed by atoms with van der Waals surface area (Å²) in [7, 11) is 0. The van der Waals surface area contributed by atoms with Crippen LogP contribution in [0.5, 0.6) is 0 Å². The lowest BCUT2D eigenvalue weighted by atomic mass is 10.4. The minimum absolute atomic E-state index is 0.154. The van der Waals surface area contributed by atoms with Gasteiger partial charge in [0.25, 0.3) is 0 Å². The number of hydrogen-bond acceptors (Lipinski definition) is 5. The van der Waals surface area contributed by atoms with E-state index >= 15 is 0 Å². The molecule has 1 N–H and O–H groups in total. The fourth-order valence-electron chi connectivity index (χ4n) is 1.32. The molecule has 2 heterocycles. The number of carbonyl (C=O) groups excluding carboxylic acids is 1. The summed E-state index contributed by atoms with van der Waals surface area (Å²) in [6, 6.07) is 5.39. The van der Waals surface area contributed by atoms with Gasteiger partial charge < -0.3 is 4.52 Å². The fraction of sp³-hybridized carbons (Fsp3) is 0.250. The normalized spacial score (nSPS) is 12.2. The molecule has 0 radical (unpaired) electrons. The molecular weight excluding hydrogens is 330 g/mol. The molecule has 0 aliphatic carbocycles. The molecule has 1 amide bonds. The Hall–Kier alpha value is -1.34. The van der Waals surface area contributed by atoms with Crippen molar-refractivity contribution in [2.45, 2.75) is 24.1 Å². The van der Waals surface area contributed by atoms with E-state index in [2.05, 4.69) is 31.4 Å². The Bertz CT molecular complexity index is 588. The highest BCUT2D eigenvalue weighted by Crippen LogP contribution is 2.28. The number of aromatic nitrogens is 2. The van der Waals surface area contributed by atoms with Crippen molar-refractivity contribution in [1.29, 1.82) is 0 Å². The predicted octanol–water partition coefficient (Wildman–Crippen LogP) is 3.26. The molecule has 2 aromatic heterocycles. The van der Waals surface area contributed by atoms with Crippen LogP contribution >= 0.6 is 27.7 Å². The van der Waals surface area contributed by atoms with Crippen molar-refractivity contribution in [3.8, 4) is 0 Å². The van der Waals surface area contributed by atoms with Gasteiger partial charge in [-0.3, -0.25) is 10.1 Å². The molecule has 0 aromatic carbocycles. The minimum atomic E-state index is -0.295. The monoisotopic (exact) mass is 341 g/mol. The maximum Gasteiger partial charge on any atom is 0.240 e. The molecule has 0 unspecified atom stereocenters. The molecule has 0 saturated carbocycles. The van der Waals surface area contributed by atoms with Gasteiger partial charge in [0.05, 0.1) is 10.9 Å². The van der Waals surface area contributed by atoms with E-state index in [1.165, 1.54) is 11.8 Å². The summed E-state index contributed by atoms with van der Waals surface area (Å²) in [6.07, 6.45) is 1.69. The Kier molecular flexibility index (Phi) is 4.60. The van der Waals surface area contributed by atoms with E-state index in [9.17, 15) is 4.79 Å². The van der Waals surface area contributed by atoms with Gasteiger partial charge in [-0.2, -0.15) is 0 Å². The van der Waals surface area contributed by atoms with E-state index < -0.39 is 0 Å². The molecule has 2 aromatic rings. The van der Waals surface area contributed by atoms with Gasteiger partial charge in [-0.05, 0) is 41.9 Å². The van der Waals surface area contributed by atoms with Crippen LogP contribution in [0.1, 0.15) is 12.6 Å². The number of anilines is 1. The van der Waals surface area contributed by atoms with E-state index in [0.717, 1.165) is 15.2 Å². The predicted molar refractivity (Wildman–Crippen MR) is 77.1 cm³/mol. The van der Waals surface area contributed by atoms with Crippen LogP contribution in [-0.2, 0) is 4.79 Å². The second-order valence-electron chi connectivity index (χ2n) is 3.87. The van der Waals surface area contributed by atoms with Crippen LogP contribution < -0.4 is 5.32 Å². The third kappa shape index (κ3) is 3.81. The van der Waals surface area contributed by atoms with Crippen LogP contribution in [0.2, 0.25) is 0 Å².